The Bertz CT molecular complexity index is 1090. The fourth-order valence-corrected chi connectivity index (χ4v) is 3.36. The summed E-state index contributed by atoms with van der Waals surface area (Å²) in [5, 5.41) is 13.0. The Morgan fingerprint density at radius 3 is 2.55 bits per heavy atom. The van der Waals surface area contributed by atoms with Crippen LogP contribution in [0.3, 0.4) is 0 Å². The van der Waals surface area contributed by atoms with Crippen LogP contribution in [-0.2, 0) is 13.2 Å². The monoisotopic (exact) mass is 463 g/mol. The van der Waals surface area contributed by atoms with Crippen LogP contribution < -0.4 is 14.8 Å². The van der Waals surface area contributed by atoms with E-state index < -0.39 is 5.97 Å². The molecule has 0 radical (unpaired) electrons. The molecule has 3 aromatic rings. The van der Waals surface area contributed by atoms with Crippen LogP contribution in [0.2, 0.25) is 10.0 Å². The van der Waals surface area contributed by atoms with Gasteiger partial charge in [0.2, 0.25) is 0 Å². The highest BCUT2D eigenvalue weighted by Gasteiger charge is 2.15. The molecule has 0 aliphatic rings. The minimum absolute atomic E-state index is 0.00164. The third kappa shape index (κ3) is 5.81. The van der Waals surface area contributed by atoms with Gasteiger partial charge in [0, 0.05) is 12.1 Å². The second-order valence-corrected chi connectivity index (χ2v) is 7.39. The van der Waals surface area contributed by atoms with Gasteiger partial charge in [-0.15, -0.1) is 0 Å². The highest BCUT2D eigenvalue weighted by atomic mass is 35.5. The SMILES string of the molecule is CCOc1cc(CNc2cc(C(=O)O)ccc2Cl)cc(Cl)c1OCc1ccccc1F. The molecule has 0 aromatic heterocycles. The van der Waals surface area contributed by atoms with Crippen molar-refractivity contribution in [2.24, 2.45) is 0 Å². The number of aromatic carboxylic acids is 1. The molecule has 2 N–H and O–H groups in total. The Labute approximate surface area is 189 Å². The topological polar surface area (TPSA) is 67.8 Å². The molecule has 0 amide bonds. The number of rotatable bonds is 9. The van der Waals surface area contributed by atoms with Crippen molar-refractivity contribution in [3.8, 4) is 11.5 Å². The van der Waals surface area contributed by atoms with Gasteiger partial charge in [0.05, 0.1) is 27.9 Å². The number of carboxylic acids is 1. The lowest BCUT2D eigenvalue weighted by Gasteiger charge is -2.16. The number of anilines is 1. The molecule has 0 aliphatic carbocycles. The van der Waals surface area contributed by atoms with Crippen molar-refractivity contribution < 1.29 is 23.8 Å². The van der Waals surface area contributed by atoms with Gasteiger partial charge < -0.3 is 19.9 Å². The van der Waals surface area contributed by atoms with Gasteiger partial charge in [-0.25, -0.2) is 9.18 Å². The van der Waals surface area contributed by atoms with Gasteiger partial charge in [-0.1, -0.05) is 41.4 Å². The molecular formula is C23H20Cl2FNO4. The Balaban J connectivity index is 1.79. The number of carboxylic acid groups (broad SMARTS) is 1. The number of hydrogen-bond acceptors (Lipinski definition) is 4. The standard InChI is InChI=1S/C23H20Cl2FNO4/c1-2-30-21-10-14(12-27-20-11-15(23(28)29)7-8-17(20)24)9-18(25)22(21)31-13-16-5-3-4-6-19(16)26/h3-11,27H,2,12-13H2,1H3,(H,28,29). The predicted octanol–water partition coefficient (Wildman–Crippen LogP) is 6.42. The van der Waals surface area contributed by atoms with Crippen molar-refractivity contribution >= 4 is 34.9 Å². The van der Waals surface area contributed by atoms with Crippen molar-refractivity contribution in [3.63, 3.8) is 0 Å². The van der Waals surface area contributed by atoms with E-state index in [2.05, 4.69) is 5.32 Å². The molecule has 0 saturated carbocycles. The largest absolute Gasteiger partial charge is 0.490 e. The van der Waals surface area contributed by atoms with E-state index in [9.17, 15) is 9.18 Å². The first-order chi connectivity index (χ1) is 14.9. The van der Waals surface area contributed by atoms with E-state index in [0.29, 0.717) is 45.9 Å². The van der Waals surface area contributed by atoms with E-state index in [4.69, 9.17) is 37.8 Å². The summed E-state index contributed by atoms with van der Waals surface area (Å²) in [7, 11) is 0. The number of hydrogen-bond donors (Lipinski definition) is 2. The van der Waals surface area contributed by atoms with Crippen molar-refractivity contribution in [1.82, 2.24) is 0 Å². The average molecular weight is 464 g/mol. The smallest absolute Gasteiger partial charge is 0.335 e. The lowest BCUT2D eigenvalue weighted by Crippen LogP contribution is -2.05. The number of benzene rings is 3. The predicted molar refractivity (Wildman–Crippen MR) is 119 cm³/mol. The van der Waals surface area contributed by atoms with Gasteiger partial charge in [0.25, 0.3) is 0 Å². The first kappa shape index (κ1) is 22.7. The zero-order valence-corrected chi connectivity index (χ0v) is 18.1. The maximum atomic E-state index is 13.9. The van der Waals surface area contributed by atoms with Gasteiger partial charge in [-0.2, -0.15) is 0 Å². The summed E-state index contributed by atoms with van der Waals surface area (Å²) >= 11 is 12.6. The van der Waals surface area contributed by atoms with Crippen molar-refractivity contribution in [2.45, 2.75) is 20.1 Å². The van der Waals surface area contributed by atoms with E-state index >= 15 is 0 Å². The Hall–Kier alpha value is -2.96. The van der Waals surface area contributed by atoms with E-state index in [1.165, 1.54) is 24.3 Å². The number of carbonyl (C=O) groups is 1. The summed E-state index contributed by atoms with van der Waals surface area (Å²) in [5.74, 6) is -0.662. The summed E-state index contributed by atoms with van der Waals surface area (Å²) in [5.41, 5.74) is 1.77. The minimum atomic E-state index is -1.04. The summed E-state index contributed by atoms with van der Waals surface area (Å²) < 4.78 is 25.3. The molecule has 3 rings (SSSR count). The summed E-state index contributed by atoms with van der Waals surface area (Å²) in [6.45, 7) is 2.53. The Morgan fingerprint density at radius 2 is 1.84 bits per heavy atom. The zero-order valence-electron chi connectivity index (χ0n) is 16.6. The summed E-state index contributed by atoms with van der Waals surface area (Å²) in [6.07, 6.45) is 0. The minimum Gasteiger partial charge on any atom is -0.490 e. The third-order valence-electron chi connectivity index (χ3n) is 4.40. The second-order valence-electron chi connectivity index (χ2n) is 6.57. The molecule has 3 aromatic carbocycles. The van der Waals surface area contributed by atoms with Crippen LogP contribution in [-0.4, -0.2) is 17.7 Å². The number of halogens is 3. The second kappa shape index (κ2) is 10.4. The molecule has 5 nitrogen and oxygen atoms in total. The molecule has 0 fully saturated rings. The Morgan fingerprint density at radius 1 is 1.06 bits per heavy atom. The maximum Gasteiger partial charge on any atom is 0.335 e. The molecule has 0 unspecified atom stereocenters. The summed E-state index contributed by atoms with van der Waals surface area (Å²) in [6, 6.07) is 14.2. The third-order valence-corrected chi connectivity index (χ3v) is 5.01. The van der Waals surface area contributed by atoms with Gasteiger partial charge in [0.1, 0.15) is 12.4 Å². The lowest BCUT2D eigenvalue weighted by atomic mass is 10.1. The van der Waals surface area contributed by atoms with Gasteiger partial charge in [0.15, 0.2) is 11.5 Å². The molecule has 0 aliphatic heterocycles. The fraction of sp³-hybridized carbons (Fsp3) is 0.174. The molecule has 8 heteroatoms. The molecule has 162 valence electrons. The van der Waals surface area contributed by atoms with Crippen LogP contribution >= 0.6 is 23.2 Å². The molecular weight excluding hydrogens is 444 g/mol. The van der Waals surface area contributed by atoms with E-state index in [-0.39, 0.29) is 18.0 Å². The normalized spacial score (nSPS) is 10.6. The highest BCUT2D eigenvalue weighted by molar-refractivity contribution is 6.33. The molecule has 0 atom stereocenters. The number of nitrogens with one attached hydrogen (secondary N) is 1. The average Bonchev–Trinajstić information content (AvgIpc) is 2.73. The van der Waals surface area contributed by atoms with E-state index in [1.807, 2.05) is 6.92 Å². The molecule has 0 bridgehead atoms. The van der Waals surface area contributed by atoms with Crippen LogP contribution in [0.25, 0.3) is 0 Å². The Kier molecular flexibility index (Phi) is 7.60. The van der Waals surface area contributed by atoms with Crippen LogP contribution in [0.5, 0.6) is 11.5 Å². The van der Waals surface area contributed by atoms with Crippen molar-refractivity contribution in [1.29, 1.82) is 0 Å². The maximum absolute atomic E-state index is 13.9. The number of ether oxygens (including phenoxy) is 2. The first-order valence-corrected chi connectivity index (χ1v) is 10.2. The van der Waals surface area contributed by atoms with E-state index in [0.717, 1.165) is 5.56 Å². The van der Waals surface area contributed by atoms with Crippen molar-refractivity contribution in [2.75, 3.05) is 11.9 Å². The quantitative estimate of drug-likeness (QED) is 0.383. The van der Waals surface area contributed by atoms with Crippen molar-refractivity contribution in [3.05, 3.63) is 87.2 Å². The summed E-state index contributed by atoms with van der Waals surface area (Å²) in [4.78, 5) is 11.2. The highest BCUT2D eigenvalue weighted by Crippen LogP contribution is 2.38. The zero-order chi connectivity index (χ0) is 22.4. The van der Waals surface area contributed by atoms with E-state index in [1.54, 1.807) is 30.3 Å². The first-order valence-electron chi connectivity index (χ1n) is 9.47. The van der Waals surface area contributed by atoms with Crippen LogP contribution in [0.4, 0.5) is 10.1 Å². The van der Waals surface area contributed by atoms with Crippen LogP contribution in [0, 0.1) is 5.82 Å². The lowest BCUT2D eigenvalue weighted by molar-refractivity contribution is 0.0697. The van der Waals surface area contributed by atoms with Gasteiger partial charge in [-0.05, 0) is 48.9 Å². The van der Waals surface area contributed by atoms with Crippen LogP contribution in [0.1, 0.15) is 28.4 Å². The molecule has 0 heterocycles. The van der Waals surface area contributed by atoms with Crippen LogP contribution in [0.15, 0.2) is 54.6 Å². The molecule has 31 heavy (non-hydrogen) atoms. The van der Waals surface area contributed by atoms with Gasteiger partial charge >= 0.3 is 5.97 Å². The fourth-order valence-electron chi connectivity index (χ4n) is 2.88. The molecule has 0 saturated heterocycles. The van der Waals surface area contributed by atoms with Gasteiger partial charge in [-0.3, -0.25) is 0 Å². The molecule has 0 spiro atoms.